The van der Waals surface area contributed by atoms with Gasteiger partial charge < -0.3 is 18.6 Å². The second-order valence-electron chi connectivity index (χ2n) is 20.1. The molecule has 5 heteroatoms. The van der Waals surface area contributed by atoms with Crippen molar-refractivity contribution in [2.24, 2.45) is 0 Å². The summed E-state index contributed by atoms with van der Waals surface area (Å²) in [5.41, 5.74) is 18.1. The summed E-state index contributed by atoms with van der Waals surface area (Å²) in [6, 6.07) is 81.8. The van der Waals surface area contributed by atoms with Gasteiger partial charge in [-0.3, -0.25) is 0 Å². The lowest BCUT2D eigenvalue weighted by atomic mass is 9.66. The van der Waals surface area contributed by atoms with Crippen LogP contribution in [0.5, 0.6) is 0 Å². The van der Waals surface area contributed by atoms with Crippen LogP contribution in [0.3, 0.4) is 0 Å². The van der Waals surface area contributed by atoms with Crippen LogP contribution in [0.4, 0.5) is 34.1 Å². The lowest BCUT2D eigenvalue weighted by Crippen LogP contribution is -2.38. The van der Waals surface area contributed by atoms with Crippen LogP contribution in [0.1, 0.15) is 33.4 Å². The monoisotopic (exact) mass is 932 g/mol. The zero-order valence-corrected chi connectivity index (χ0v) is 41.6. The third-order valence-electron chi connectivity index (χ3n) is 14.8. The maximum atomic E-state index is 7.49. The third-order valence-corrected chi connectivity index (χ3v) is 16.9. The minimum Gasteiger partial charge on any atom is -0.455 e. The van der Waals surface area contributed by atoms with Gasteiger partial charge in [0.1, 0.15) is 16.7 Å². The van der Waals surface area contributed by atoms with E-state index >= 15 is 0 Å². The van der Waals surface area contributed by atoms with Crippen LogP contribution in [-0.4, -0.2) is 8.07 Å². The molecule has 0 bridgehead atoms. The second kappa shape index (κ2) is 16.4. The number of hydrogen-bond donors (Lipinski definition) is 0. The number of nitrogens with zero attached hydrogens (tertiary/aromatic N) is 2. The highest BCUT2D eigenvalue weighted by Crippen LogP contribution is 2.65. The van der Waals surface area contributed by atoms with Crippen molar-refractivity contribution in [1.29, 1.82) is 0 Å². The fourth-order valence-electron chi connectivity index (χ4n) is 11.6. The number of rotatable bonds is 9. The standard InChI is InChI=1S/C66H52N2O2Si/c1-43-34-35-44(2)53(40-43)66(45-36-38-50(39-37-45)71(3,4)5)54-42-57(68(48-26-14-8-15-27-48)49-28-16-9-17-29-49)64-61(52-31-19-21-33-59(52)69-64)62(54)63-55(66)41-56(60-51-30-18-20-32-58(51)70-65(60)63)67(46-22-10-6-11-23-46)47-24-12-7-13-25-47/h6-42H,1-5H3. The molecule has 2 aromatic heterocycles. The number of aryl methyl sites for hydroxylation is 2. The molecule has 0 amide bonds. The molecule has 10 aromatic carbocycles. The average molecular weight is 933 g/mol. The van der Waals surface area contributed by atoms with Gasteiger partial charge in [0.05, 0.1) is 30.2 Å². The molecule has 0 aliphatic heterocycles. The lowest BCUT2D eigenvalue weighted by molar-refractivity contribution is 0.668. The van der Waals surface area contributed by atoms with Gasteiger partial charge >= 0.3 is 0 Å². The van der Waals surface area contributed by atoms with Crippen molar-refractivity contribution in [3.05, 3.63) is 258 Å². The highest BCUT2D eigenvalue weighted by Gasteiger charge is 2.51. The van der Waals surface area contributed by atoms with E-state index in [1.54, 1.807) is 0 Å². The van der Waals surface area contributed by atoms with Gasteiger partial charge in [-0.25, -0.2) is 0 Å². The van der Waals surface area contributed by atoms with E-state index in [4.69, 9.17) is 8.83 Å². The van der Waals surface area contributed by atoms with E-state index in [-0.39, 0.29) is 0 Å². The zero-order chi connectivity index (χ0) is 48.0. The van der Waals surface area contributed by atoms with Crippen molar-refractivity contribution in [3.8, 4) is 11.1 Å². The van der Waals surface area contributed by atoms with E-state index in [1.807, 2.05) is 0 Å². The Kier molecular flexibility index (Phi) is 9.84. The van der Waals surface area contributed by atoms with Crippen molar-refractivity contribution in [2.45, 2.75) is 38.9 Å². The Balaban J connectivity index is 1.30. The molecule has 0 N–H and O–H groups in total. The summed E-state index contributed by atoms with van der Waals surface area (Å²) in [4.78, 5) is 4.81. The van der Waals surface area contributed by atoms with E-state index in [0.717, 1.165) is 94.7 Å². The van der Waals surface area contributed by atoms with Gasteiger partial charge in [0.15, 0.2) is 5.58 Å². The Morgan fingerprint density at radius 3 is 1.38 bits per heavy atom. The Hall–Kier alpha value is -8.38. The van der Waals surface area contributed by atoms with Crippen molar-refractivity contribution in [1.82, 2.24) is 0 Å². The smallest absolute Gasteiger partial charge is 0.160 e. The topological polar surface area (TPSA) is 32.8 Å². The van der Waals surface area contributed by atoms with E-state index in [2.05, 4.69) is 268 Å². The fourth-order valence-corrected chi connectivity index (χ4v) is 12.8. The molecular weight excluding hydrogens is 881 g/mol. The summed E-state index contributed by atoms with van der Waals surface area (Å²) in [5, 5.41) is 5.66. The van der Waals surface area contributed by atoms with Gasteiger partial charge in [0, 0.05) is 50.0 Å². The predicted octanol–water partition coefficient (Wildman–Crippen LogP) is 18.0. The first kappa shape index (κ1) is 42.7. The van der Waals surface area contributed by atoms with E-state index in [9.17, 15) is 0 Å². The van der Waals surface area contributed by atoms with Gasteiger partial charge in [-0.2, -0.15) is 0 Å². The maximum absolute atomic E-state index is 7.49. The summed E-state index contributed by atoms with van der Waals surface area (Å²) >= 11 is 0. The maximum Gasteiger partial charge on any atom is 0.160 e. The molecule has 0 fully saturated rings. The summed E-state index contributed by atoms with van der Waals surface area (Å²) < 4.78 is 14.8. The van der Waals surface area contributed by atoms with E-state index in [1.165, 1.54) is 33.0 Å². The number of anilines is 6. The Morgan fingerprint density at radius 2 is 0.845 bits per heavy atom. The minimum absolute atomic E-state index is 0.818. The molecule has 13 rings (SSSR count). The number of benzene rings is 10. The molecule has 342 valence electrons. The van der Waals surface area contributed by atoms with Crippen LogP contribution in [-0.2, 0) is 5.41 Å². The first-order valence-corrected chi connectivity index (χ1v) is 28.2. The van der Waals surface area contributed by atoms with Crippen LogP contribution in [0.15, 0.2) is 233 Å². The van der Waals surface area contributed by atoms with Crippen molar-refractivity contribution >= 4 is 91.3 Å². The molecule has 1 unspecified atom stereocenters. The Labute approximate surface area is 415 Å². The van der Waals surface area contributed by atoms with Crippen LogP contribution in [0.25, 0.3) is 55.0 Å². The molecule has 0 saturated heterocycles. The molecule has 1 atom stereocenters. The van der Waals surface area contributed by atoms with Crippen molar-refractivity contribution in [3.63, 3.8) is 0 Å². The summed E-state index contributed by atoms with van der Waals surface area (Å²) in [6.45, 7) is 11.8. The van der Waals surface area contributed by atoms with Crippen molar-refractivity contribution < 1.29 is 8.83 Å². The van der Waals surface area contributed by atoms with E-state index in [0.29, 0.717) is 0 Å². The predicted molar refractivity (Wildman–Crippen MR) is 300 cm³/mol. The SMILES string of the molecule is Cc1ccc(C)c(C2(c3ccc([Si](C)(C)C)cc3)c3cc(N(c4ccccc4)c4ccccc4)c4c(oc5ccccc54)c3-c3c2cc(N(c2ccccc2)c2ccccc2)c2oc4ccccc4c32)c1. The second-order valence-corrected chi connectivity index (χ2v) is 25.2. The summed E-state index contributed by atoms with van der Waals surface area (Å²) in [5.74, 6) is 0. The van der Waals surface area contributed by atoms with Gasteiger partial charge in [-0.05, 0) is 114 Å². The van der Waals surface area contributed by atoms with Crippen molar-refractivity contribution in [2.75, 3.05) is 9.80 Å². The summed E-state index contributed by atoms with van der Waals surface area (Å²) in [6.07, 6.45) is 0. The first-order chi connectivity index (χ1) is 34.7. The Morgan fingerprint density at radius 1 is 0.394 bits per heavy atom. The Bertz CT molecular complexity index is 3910. The number of hydrogen-bond acceptors (Lipinski definition) is 4. The average Bonchev–Trinajstić information content (AvgIpc) is 4.08. The van der Waals surface area contributed by atoms with Crippen LogP contribution in [0, 0.1) is 13.8 Å². The molecule has 0 saturated carbocycles. The summed E-state index contributed by atoms with van der Waals surface area (Å²) in [7, 11) is -1.71. The largest absolute Gasteiger partial charge is 0.455 e. The number of fused-ring (bicyclic) bond motifs is 11. The molecule has 0 spiro atoms. The molecule has 12 aromatic rings. The normalized spacial score (nSPS) is 14.3. The lowest BCUT2D eigenvalue weighted by Gasteiger charge is -2.37. The quantitative estimate of drug-likeness (QED) is 0.135. The number of para-hydroxylation sites is 6. The highest BCUT2D eigenvalue weighted by atomic mass is 28.3. The molecule has 2 heterocycles. The molecule has 1 aliphatic carbocycles. The first-order valence-electron chi connectivity index (χ1n) is 24.7. The molecule has 71 heavy (non-hydrogen) atoms. The zero-order valence-electron chi connectivity index (χ0n) is 40.6. The fraction of sp³-hybridized carbons (Fsp3) is 0.0909. The van der Waals surface area contributed by atoms with Gasteiger partial charge in [-0.15, -0.1) is 0 Å². The van der Waals surface area contributed by atoms with Crippen LogP contribution in [0.2, 0.25) is 19.6 Å². The van der Waals surface area contributed by atoms with Gasteiger partial charge in [0.2, 0.25) is 0 Å². The van der Waals surface area contributed by atoms with Crippen LogP contribution >= 0.6 is 0 Å². The highest BCUT2D eigenvalue weighted by molar-refractivity contribution is 6.88. The molecule has 4 nitrogen and oxygen atoms in total. The third kappa shape index (κ3) is 6.57. The molecule has 0 radical (unpaired) electrons. The molecule has 1 aliphatic rings. The van der Waals surface area contributed by atoms with Gasteiger partial charge in [-0.1, -0.05) is 182 Å². The number of furan rings is 2. The van der Waals surface area contributed by atoms with Crippen LogP contribution < -0.4 is 15.0 Å². The van der Waals surface area contributed by atoms with E-state index < -0.39 is 13.5 Å². The minimum atomic E-state index is -1.71. The van der Waals surface area contributed by atoms with Gasteiger partial charge in [0.25, 0.3) is 0 Å². The molecular formula is C66H52N2O2Si.